The Labute approximate surface area is 114 Å². The minimum atomic E-state index is -0.689. The monoisotopic (exact) mass is 275 g/mol. The quantitative estimate of drug-likeness (QED) is 0.490. The number of hydrogen-bond donors (Lipinski definition) is 2. The van der Waals surface area contributed by atoms with Crippen molar-refractivity contribution in [2.75, 3.05) is 12.3 Å². The van der Waals surface area contributed by atoms with E-state index in [2.05, 4.69) is 5.32 Å². The van der Waals surface area contributed by atoms with Crippen LogP contribution in [0.5, 0.6) is 0 Å². The highest BCUT2D eigenvalue weighted by molar-refractivity contribution is 5.91. The van der Waals surface area contributed by atoms with Crippen LogP contribution in [0.1, 0.15) is 16.1 Å². The van der Waals surface area contributed by atoms with Gasteiger partial charge in [-0.2, -0.15) is 0 Å². The van der Waals surface area contributed by atoms with Gasteiger partial charge in [-0.05, 0) is 30.2 Å². The number of carbonyl (C=O) groups excluding carboxylic acids is 1. The van der Waals surface area contributed by atoms with Crippen LogP contribution < -0.4 is 11.1 Å². The van der Waals surface area contributed by atoms with Crippen molar-refractivity contribution in [1.29, 1.82) is 0 Å². The molecule has 3 N–H and O–H groups in total. The molecule has 2 aromatic rings. The third-order valence-electron chi connectivity index (χ3n) is 2.67. The Bertz CT molecular complexity index is 619. The van der Waals surface area contributed by atoms with Crippen LogP contribution in [0.3, 0.4) is 0 Å². The van der Waals surface area contributed by atoms with Gasteiger partial charge in [-0.25, -0.2) is 0 Å². The van der Waals surface area contributed by atoms with Crippen LogP contribution in [0.15, 0.2) is 40.8 Å². The van der Waals surface area contributed by atoms with Gasteiger partial charge < -0.3 is 15.5 Å². The van der Waals surface area contributed by atoms with E-state index in [-0.39, 0.29) is 5.76 Å². The molecule has 1 aromatic carbocycles. The number of benzene rings is 1. The Morgan fingerprint density at radius 1 is 1.25 bits per heavy atom. The second-order valence-electron chi connectivity index (χ2n) is 4.14. The summed E-state index contributed by atoms with van der Waals surface area (Å²) in [5, 5.41) is 13.1. The first-order valence-electron chi connectivity index (χ1n) is 5.93. The number of nitrogens with two attached hydrogens (primary N) is 1. The molecule has 0 atom stereocenters. The van der Waals surface area contributed by atoms with E-state index in [0.29, 0.717) is 18.7 Å². The summed E-state index contributed by atoms with van der Waals surface area (Å²) in [5.74, 6) is -1.00. The largest absolute Gasteiger partial charge is 0.433 e. The standard InChI is InChI=1S/C13H13N3O4/c14-10-3-1-9(2-4-10)7-8-15-13(17)11-5-6-12(20-11)16(18)19/h1-6H,7-8,14H2,(H,15,17). The first kappa shape index (κ1) is 13.6. The molecular weight excluding hydrogens is 262 g/mol. The molecule has 0 fully saturated rings. The predicted molar refractivity (Wildman–Crippen MR) is 72.3 cm³/mol. The van der Waals surface area contributed by atoms with E-state index in [1.165, 1.54) is 6.07 Å². The van der Waals surface area contributed by atoms with Crippen molar-refractivity contribution in [1.82, 2.24) is 5.32 Å². The zero-order chi connectivity index (χ0) is 14.5. The normalized spacial score (nSPS) is 10.2. The lowest BCUT2D eigenvalue weighted by molar-refractivity contribution is -0.402. The molecule has 7 heteroatoms. The van der Waals surface area contributed by atoms with E-state index in [0.717, 1.165) is 11.6 Å². The molecule has 104 valence electrons. The van der Waals surface area contributed by atoms with Crippen LogP contribution >= 0.6 is 0 Å². The fourth-order valence-electron chi connectivity index (χ4n) is 1.64. The summed E-state index contributed by atoms with van der Waals surface area (Å²) in [6, 6.07) is 9.74. The fourth-order valence-corrected chi connectivity index (χ4v) is 1.64. The molecule has 0 unspecified atom stereocenters. The summed E-state index contributed by atoms with van der Waals surface area (Å²) in [6.45, 7) is 0.400. The van der Waals surface area contributed by atoms with Gasteiger partial charge in [0.2, 0.25) is 0 Å². The maximum absolute atomic E-state index is 11.7. The van der Waals surface area contributed by atoms with Crippen molar-refractivity contribution in [3.8, 4) is 0 Å². The Hall–Kier alpha value is -2.83. The van der Waals surface area contributed by atoms with Gasteiger partial charge >= 0.3 is 5.88 Å². The van der Waals surface area contributed by atoms with Crippen LogP contribution in [-0.4, -0.2) is 17.4 Å². The smallest absolute Gasteiger partial charge is 0.399 e. The summed E-state index contributed by atoms with van der Waals surface area (Å²) in [6.07, 6.45) is 0.634. The maximum atomic E-state index is 11.7. The number of carbonyl (C=O) groups is 1. The van der Waals surface area contributed by atoms with Crippen LogP contribution in [0.25, 0.3) is 0 Å². The fraction of sp³-hybridized carbons (Fsp3) is 0.154. The highest BCUT2D eigenvalue weighted by Crippen LogP contribution is 2.15. The van der Waals surface area contributed by atoms with Crippen molar-refractivity contribution in [3.05, 3.63) is 57.8 Å². The van der Waals surface area contributed by atoms with E-state index >= 15 is 0 Å². The van der Waals surface area contributed by atoms with Gasteiger partial charge in [-0.15, -0.1) is 0 Å². The molecule has 0 saturated heterocycles. The van der Waals surface area contributed by atoms with Crippen molar-refractivity contribution in [2.45, 2.75) is 6.42 Å². The van der Waals surface area contributed by atoms with E-state index in [1.807, 2.05) is 12.1 Å². The maximum Gasteiger partial charge on any atom is 0.433 e. The van der Waals surface area contributed by atoms with Crippen LogP contribution in [0.2, 0.25) is 0 Å². The molecule has 0 saturated carbocycles. The topological polar surface area (TPSA) is 111 Å². The first-order chi connectivity index (χ1) is 9.56. The van der Waals surface area contributed by atoms with Crippen molar-refractivity contribution >= 4 is 17.5 Å². The highest BCUT2D eigenvalue weighted by atomic mass is 16.6. The highest BCUT2D eigenvalue weighted by Gasteiger charge is 2.16. The molecule has 0 bridgehead atoms. The second kappa shape index (κ2) is 5.87. The van der Waals surface area contributed by atoms with Crippen molar-refractivity contribution < 1.29 is 14.1 Å². The first-order valence-corrected chi connectivity index (χ1v) is 5.93. The summed E-state index contributed by atoms with van der Waals surface area (Å²) < 4.78 is 4.80. The predicted octanol–water partition coefficient (Wildman–Crippen LogP) is 1.74. The lowest BCUT2D eigenvalue weighted by Crippen LogP contribution is -2.25. The summed E-state index contributed by atoms with van der Waals surface area (Å²) in [4.78, 5) is 21.4. The average molecular weight is 275 g/mol. The van der Waals surface area contributed by atoms with Gasteiger partial charge in [0, 0.05) is 12.2 Å². The molecule has 1 heterocycles. The summed E-state index contributed by atoms with van der Waals surface area (Å²) >= 11 is 0. The molecule has 0 aliphatic heterocycles. The number of nitrogens with one attached hydrogen (secondary N) is 1. The van der Waals surface area contributed by atoms with E-state index in [4.69, 9.17) is 10.2 Å². The van der Waals surface area contributed by atoms with Crippen molar-refractivity contribution in [2.24, 2.45) is 0 Å². The summed E-state index contributed by atoms with van der Waals surface area (Å²) in [5.41, 5.74) is 7.28. The minimum absolute atomic E-state index is 0.0750. The molecular formula is C13H13N3O4. The SMILES string of the molecule is Nc1ccc(CCNC(=O)c2ccc([N+](=O)[O-])o2)cc1. The van der Waals surface area contributed by atoms with E-state index in [1.54, 1.807) is 12.1 Å². The van der Waals surface area contributed by atoms with Crippen LogP contribution in [-0.2, 0) is 6.42 Å². The third kappa shape index (κ3) is 3.35. The number of nitrogens with zero attached hydrogens (tertiary/aromatic N) is 1. The number of nitro groups is 1. The molecule has 0 aliphatic rings. The van der Waals surface area contributed by atoms with Gasteiger partial charge in [-0.3, -0.25) is 14.9 Å². The molecule has 20 heavy (non-hydrogen) atoms. The lowest BCUT2D eigenvalue weighted by Gasteiger charge is -2.03. The molecule has 1 aromatic heterocycles. The Kier molecular flexibility index (Phi) is 3.99. The van der Waals surface area contributed by atoms with Gasteiger partial charge in [0.25, 0.3) is 5.91 Å². The Morgan fingerprint density at radius 2 is 1.95 bits per heavy atom. The zero-order valence-corrected chi connectivity index (χ0v) is 10.5. The average Bonchev–Trinajstić information content (AvgIpc) is 2.91. The second-order valence-corrected chi connectivity index (χ2v) is 4.14. The Morgan fingerprint density at radius 3 is 2.55 bits per heavy atom. The minimum Gasteiger partial charge on any atom is -0.399 e. The number of hydrogen-bond acceptors (Lipinski definition) is 5. The number of furan rings is 1. The van der Waals surface area contributed by atoms with Gasteiger partial charge in [0.05, 0.1) is 6.07 Å². The van der Waals surface area contributed by atoms with Crippen molar-refractivity contribution in [3.63, 3.8) is 0 Å². The molecule has 0 spiro atoms. The van der Waals surface area contributed by atoms with Crippen LogP contribution in [0, 0.1) is 10.1 Å². The van der Waals surface area contributed by atoms with Crippen LogP contribution in [0.4, 0.5) is 11.6 Å². The van der Waals surface area contributed by atoms with Gasteiger partial charge in [0.15, 0.2) is 5.76 Å². The van der Waals surface area contributed by atoms with Gasteiger partial charge in [-0.1, -0.05) is 12.1 Å². The van der Waals surface area contributed by atoms with Gasteiger partial charge in [0.1, 0.15) is 4.92 Å². The number of rotatable bonds is 5. The number of amides is 1. The Balaban J connectivity index is 1.85. The molecule has 2 rings (SSSR count). The number of nitrogen functional groups attached to an aromatic ring is 1. The molecule has 0 radical (unpaired) electrons. The van der Waals surface area contributed by atoms with E-state index < -0.39 is 16.7 Å². The third-order valence-corrected chi connectivity index (χ3v) is 2.67. The number of anilines is 1. The molecule has 7 nitrogen and oxygen atoms in total. The molecule has 1 amide bonds. The summed E-state index contributed by atoms with van der Waals surface area (Å²) in [7, 11) is 0. The van der Waals surface area contributed by atoms with E-state index in [9.17, 15) is 14.9 Å². The molecule has 0 aliphatic carbocycles. The zero-order valence-electron chi connectivity index (χ0n) is 10.5. The lowest BCUT2D eigenvalue weighted by atomic mass is 10.1.